The number of amides is 2. The lowest BCUT2D eigenvalue weighted by molar-refractivity contribution is 0.185. The molecule has 0 spiro atoms. The Kier molecular flexibility index (Phi) is 5.20. The average molecular weight is 339 g/mol. The van der Waals surface area contributed by atoms with E-state index in [4.69, 9.17) is 4.74 Å². The van der Waals surface area contributed by atoms with Gasteiger partial charge in [0.05, 0.1) is 6.61 Å². The SMILES string of the molecule is COCc1ccccc1NC(=O)Nc1ccc(-c2nccs2)cc1. The number of hydrogen-bond acceptors (Lipinski definition) is 4. The zero-order chi connectivity index (χ0) is 16.8. The van der Waals surface area contributed by atoms with Crippen molar-refractivity contribution in [2.24, 2.45) is 0 Å². The standard InChI is InChI=1S/C18H17N3O2S/c1-23-12-14-4-2-3-5-16(14)21-18(22)20-15-8-6-13(7-9-15)17-19-10-11-24-17/h2-11H,12H2,1H3,(H2,20,21,22). The van der Waals surface area contributed by atoms with Crippen LogP contribution in [0.25, 0.3) is 10.6 Å². The Hall–Kier alpha value is -2.70. The van der Waals surface area contributed by atoms with Crippen molar-refractivity contribution < 1.29 is 9.53 Å². The van der Waals surface area contributed by atoms with E-state index in [2.05, 4.69) is 15.6 Å². The number of ether oxygens (including phenoxy) is 1. The molecule has 2 N–H and O–H groups in total. The summed E-state index contributed by atoms with van der Waals surface area (Å²) in [5.74, 6) is 0. The molecule has 5 nitrogen and oxygen atoms in total. The molecule has 0 fully saturated rings. The Morgan fingerprint density at radius 3 is 2.62 bits per heavy atom. The van der Waals surface area contributed by atoms with Gasteiger partial charge in [-0.25, -0.2) is 9.78 Å². The van der Waals surface area contributed by atoms with Crippen molar-refractivity contribution in [2.75, 3.05) is 17.7 Å². The largest absolute Gasteiger partial charge is 0.380 e. The first-order chi connectivity index (χ1) is 11.8. The molecule has 1 aromatic heterocycles. The summed E-state index contributed by atoms with van der Waals surface area (Å²) in [5.41, 5.74) is 3.41. The van der Waals surface area contributed by atoms with Gasteiger partial charge in [-0.15, -0.1) is 11.3 Å². The summed E-state index contributed by atoms with van der Waals surface area (Å²) >= 11 is 1.58. The maximum Gasteiger partial charge on any atom is 0.323 e. The molecule has 1 heterocycles. The van der Waals surface area contributed by atoms with E-state index in [-0.39, 0.29) is 6.03 Å². The third kappa shape index (κ3) is 3.98. The third-order valence-corrected chi connectivity index (χ3v) is 4.21. The Morgan fingerprint density at radius 1 is 1.12 bits per heavy atom. The predicted molar refractivity (Wildman–Crippen MR) is 97.3 cm³/mol. The summed E-state index contributed by atoms with van der Waals surface area (Å²) < 4.78 is 5.14. The minimum Gasteiger partial charge on any atom is -0.380 e. The van der Waals surface area contributed by atoms with Crippen LogP contribution < -0.4 is 10.6 Å². The van der Waals surface area contributed by atoms with Crippen LogP contribution in [0.4, 0.5) is 16.2 Å². The van der Waals surface area contributed by atoms with Crippen LogP contribution in [0.15, 0.2) is 60.1 Å². The van der Waals surface area contributed by atoms with E-state index < -0.39 is 0 Å². The van der Waals surface area contributed by atoms with Gasteiger partial charge in [-0.05, 0) is 30.3 Å². The van der Waals surface area contributed by atoms with Crippen LogP contribution in [0, 0.1) is 0 Å². The van der Waals surface area contributed by atoms with Gasteiger partial charge < -0.3 is 15.4 Å². The highest BCUT2D eigenvalue weighted by atomic mass is 32.1. The molecule has 122 valence electrons. The number of thiazole rings is 1. The molecule has 0 aliphatic rings. The van der Waals surface area contributed by atoms with Gasteiger partial charge in [0.15, 0.2) is 0 Å². The molecule has 0 bridgehead atoms. The molecule has 0 radical (unpaired) electrons. The van der Waals surface area contributed by atoms with Crippen LogP contribution in [-0.2, 0) is 11.3 Å². The maximum absolute atomic E-state index is 12.2. The first-order valence-corrected chi connectivity index (χ1v) is 8.29. The number of para-hydroxylation sites is 1. The van der Waals surface area contributed by atoms with E-state index in [0.29, 0.717) is 6.61 Å². The third-order valence-electron chi connectivity index (χ3n) is 3.39. The van der Waals surface area contributed by atoms with Crippen molar-refractivity contribution in [2.45, 2.75) is 6.61 Å². The lowest BCUT2D eigenvalue weighted by Gasteiger charge is -2.11. The number of rotatable bonds is 5. The molecular formula is C18H17N3O2S. The fourth-order valence-electron chi connectivity index (χ4n) is 2.27. The fraction of sp³-hybridized carbons (Fsp3) is 0.111. The van der Waals surface area contributed by atoms with Crippen LogP contribution >= 0.6 is 11.3 Å². The van der Waals surface area contributed by atoms with Gasteiger partial charge in [0, 0.05) is 41.2 Å². The van der Waals surface area contributed by atoms with Gasteiger partial charge in [0.2, 0.25) is 0 Å². The minimum absolute atomic E-state index is 0.291. The van der Waals surface area contributed by atoms with Crippen LogP contribution in [0.3, 0.4) is 0 Å². The van der Waals surface area contributed by atoms with E-state index in [1.54, 1.807) is 24.6 Å². The second kappa shape index (κ2) is 7.72. The van der Waals surface area contributed by atoms with E-state index in [9.17, 15) is 4.79 Å². The van der Waals surface area contributed by atoms with Crippen molar-refractivity contribution in [3.8, 4) is 10.6 Å². The highest BCUT2D eigenvalue weighted by molar-refractivity contribution is 7.13. The van der Waals surface area contributed by atoms with Crippen LogP contribution in [0.1, 0.15) is 5.56 Å². The lowest BCUT2D eigenvalue weighted by Crippen LogP contribution is -2.20. The number of urea groups is 1. The van der Waals surface area contributed by atoms with E-state index in [0.717, 1.165) is 27.5 Å². The number of nitrogens with zero attached hydrogens (tertiary/aromatic N) is 1. The zero-order valence-corrected chi connectivity index (χ0v) is 14.0. The molecule has 0 unspecified atom stereocenters. The van der Waals surface area contributed by atoms with E-state index in [1.165, 1.54) is 0 Å². The topological polar surface area (TPSA) is 63.2 Å². The molecule has 2 aromatic carbocycles. The van der Waals surface area contributed by atoms with Crippen LogP contribution in [-0.4, -0.2) is 18.1 Å². The van der Waals surface area contributed by atoms with Gasteiger partial charge in [0.25, 0.3) is 0 Å². The summed E-state index contributed by atoms with van der Waals surface area (Å²) in [4.78, 5) is 16.4. The maximum atomic E-state index is 12.2. The lowest BCUT2D eigenvalue weighted by atomic mass is 10.2. The summed E-state index contributed by atoms with van der Waals surface area (Å²) in [5, 5.41) is 8.56. The average Bonchev–Trinajstić information content (AvgIpc) is 3.12. The molecule has 0 saturated carbocycles. The molecule has 3 aromatic rings. The van der Waals surface area contributed by atoms with Gasteiger partial charge in [-0.3, -0.25) is 0 Å². The number of carbonyl (C=O) groups excluding carboxylic acids is 1. The Bertz CT molecular complexity index is 801. The van der Waals surface area contributed by atoms with Gasteiger partial charge in [-0.2, -0.15) is 0 Å². The number of hydrogen-bond donors (Lipinski definition) is 2. The predicted octanol–water partition coefficient (Wildman–Crippen LogP) is 4.60. The first kappa shape index (κ1) is 16.2. The molecule has 24 heavy (non-hydrogen) atoms. The fourth-order valence-corrected chi connectivity index (χ4v) is 2.91. The highest BCUT2D eigenvalue weighted by Gasteiger charge is 2.07. The van der Waals surface area contributed by atoms with Crippen LogP contribution in [0.5, 0.6) is 0 Å². The smallest absolute Gasteiger partial charge is 0.323 e. The molecular weight excluding hydrogens is 322 g/mol. The summed E-state index contributed by atoms with van der Waals surface area (Å²) in [7, 11) is 1.63. The van der Waals surface area contributed by atoms with Gasteiger partial charge >= 0.3 is 6.03 Å². The molecule has 0 saturated heterocycles. The molecule has 0 atom stereocenters. The van der Waals surface area contributed by atoms with E-state index in [1.807, 2.05) is 53.9 Å². The number of aromatic nitrogens is 1. The highest BCUT2D eigenvalue weighted by Crippen LogP contribution is 2.23. The first-order valence-electron chi connectivity index (χ1n) is 7.41. The van der Waals surface area contributed by atoms with Crippen LogP contribution in [0.2, 0.25) is 0 Å². The Balaban J connectivity index is 1.65. The second-order valence-corrected chi connectivity index (χ2v) is 5.98. The summed E-state index contributed by atoms with van der Waals surface area (Å²) in [6.07, 6.45) is 1.77. The number of benzene rings is 2. The number of methoxy groups -OCH3 is 1. The minimum atomic E-state index is -0.291. The molecule has 0 aliphatic carbocycles. The normalized spacial score (nSPS) is 10.4. The number of carbonyl (C=O) groups is 1. The van der Waals surface area contributed by atoms with Crippen molar-refractivity contribution in [1.82, 2.24) is 4.98 Å². The number of nitrogens with one attached hydrogen (secondary N) is 2. The number of anilines is 2. The monoisotopic (exact) mass is 339 g/mol. The van der Waals surface area contributed by atoms with Gasteiger partial charge in [0.1, 0.15) is 5.01 Å². The quantitative estimate of drug-likeness (QED) is 0.714. The molecule has 0 aliphatic heterocycles. The van der Waals surface area contributed by atoms with Crippen molar-refractivity contribution >= 4 is 28.7 Å². The summed E-state index contributed by atoms with van der Waals surface area (Å²) in [6.45, 7) is 0.443. The Morgan fingerprint density at radius 2 is 1.92 bits per heavy atom. The molecule has 3 rings (SSSR count). The summed E-state index contributed by atoms with van der Waals surface area (Å²) in [6, 6.07) is 14.9. The molecule has 2 amide bonds. The molecule has 6 heteroatoms. The zero-order valence-electron chi connectivity index (χ0n) is 13.2. The van der Waals surface area contributed by atoms with Crippen molar-refractivity contribution in [3.05, 3.63) is 65.7 Å². The van der Waals surface area contributed by atoms with Crippen molar-refractivity contribution in [1.29, 1.82) is 0 Å². The van der Waals surface area contributed by atoms with E-state index >= 15 is 0 Å². The van der Waals surface area contributed by atoms with Crippen molar-refractivity contribution in [3.63, 3.8) is 0 Å². The Labute approximate surface area is 144 Å². The van der Waals surface area contributed by atoms with Gasteiger partial charge in [-0.1, -0.05) is 18.2 Å². The second-order valence-electron chi connectivity index (χ2n) is 5.08.